The largest absolute Gasteiger partial charge is 0.393 e. The van der Waals surface area contributed by atoms with E-state index in [0.29, 0.717) is 6.42 Å². The molecule has 0 radical (unpaired) electrons. The van der Waals surface area contributed by atoms with Crippen LogP contribution in [0, 0.1) is 0 Å². The molecule has 2 rings (SSSR count). The predicted octanol–water partition coefficient (Wildman–Crippen LogP) is 0.473. The van der Waals surface area contributed by atoms with Crippen molar-refractivity contribution in [1.29, 1.82) is 0 Å². The maximum atomic E-state index is 11.3. The second-order valence-electron chi connectivity index (χ2n) is 3.22. The number of ketones is 1. The Bertz CT molecular complexity index is 325. The van der Waals surface area contributed by atoms with Crippen molar-refractivity contribution < 1.29 is 14.6 Å². The molecule has 1 fully saturated rings. The first kappa shape index (κ1) is 9.30. The third-order valence-corrected chi connectivity index (χ3v) is 2.26. The first-order chi connectivity index (χ1) is 6.81. The van der Waals surface area contributed by atoms with Crippen molar-refractivity contribution in [2.24, 2.45) is 0 Å². The summed E-state index contributed by atoms with van der Waals surface area (Å²) in [5.74, 6) is -0.0526. The highest BCUT2D eigenvalue weighted by atomic mass is 16.5. The molecule has 1 N–H and O–H groups in total. The Labute approximate surface area is 81.5 Å². The number of Topliss-reactive ketones (excluding diaryl/α,β-unsaturated/α-hetero) is 1. The summed E-state index contributed by atoms with van der Waals surface area (Å²) < 4.78 is 5.35. The lowest BCUT2D eigenvalue weighted by Crippen LogP contribution is -2.19. The molecule has 0 amide bonds. The average molecular weight is 193 g/mol. The van der Waals surface area contributed by atoms with E-state index >= 15 is 0 Å². The summed E-state index contributed by atoms with van der Waals surface area (Å²) in [6.07, 6.45) is 1.01. The molecule has 0 unspecified atom stereocenters. The Morgan fingerprint density at radius 1 is 1.57 bits per heavy atom. The summed E-state index contributed by atoms with van der Waals surface area (Å²) in [7, 11) is 0. The molecule has 0 saturated carbocycles. The Balaban J connectivity index is 2.13. The summed E-state index contributed by atoms with van der Waals surface area (Å²) in [6, 6.07) is 5.48. The second kappa shape index (κ2) is 3.86. The van der Waals surface area contributed by atoms with Gasteiger partial charge in [-0.2, -0.15) is 0 Å². The molecule has 1 aliphatic rings. The number of carbonyl (C=O) groups excluding carboxylic acids is 1. The fourth-order valence-corrected chi connectivity index (χ4v) is 1.52. The molecule has 2 heterocycles. The van der Waals surface area contributed by atoms with Crippen molar-refractivity contribution in [2.45, 2.75) is 18.6 Å². The van der Waals surface area contributed by atoms with E-state index in [1.165, 1.54) is 0 Å². The fourth-order valence-electron chi connectivity index (χ4n) is 1.52. The van der Waals surface area contributed by atoms with Crippen molar-refractivity contribution in [2.75, 3.05) is 6.61 Å². The predicted molar refractivity (Wildman–Crippen MR) is 48.6 cm³/mol. The summed E-state index contributed by atoms with van der Waals surface area (Å²) in [5.41, 5.74) is 0.747. The molecule has 4 heteroatoms. The minimum atomic E-state index is -0.665. The van der Waals surface area contributed by atoms with Gasteiger partial charge in [-0.15, -0.1) is 0 Å². The van der Waals surface area contributed by atoms with Crippen LogP contribution in [-0.2, 0) is 9.53 Å². The van der Waals surface area contributed by atoms with E-state index < -0.39 is 6.10 Å². The lowest BCUT2D eigenvalue weighted by molar-refractivity contribution is -0.124. The zero-order chi connectivity index (χ0) is 9.97. The molecule has 2 atom stereocenters. The number of rotatable bonds is 2. The quantitative estimate of drug-likeness (QED) is 0.741. The third-order valence-electron chi connectivity index (χ3n) is 2.26. The first-order valence-corrected chi connectivity index (χ1v) is 4.51. The van der Waals surface area contributed by atoms with E-state index in [-0.39, 0.29) is 18.5 Å². The lowest BCUT2D eigenvalue weighted by Gasteiger charge is -2.09. The van der Waals surface area contributed by atoms with Crippen molar-refractivity contribution in [3.05, 3.63) is 30.1 Å². The number of pyridine rings is 1. The number of aromatic nitrogens is 1. The van der Waals surface area contributed by atoms with Gasteiger partial charge in [0, 0.05) is 12.6 Å². The number of ether oxygens (including phenoxy) is 1. The van der Waals surface area contributed by atoms with Crippen LogP contribution in [0.25, 0.3) is 0 Å². The zero-order valence-electron chi connectivity index (χ0n) is 7.59. The minimum Gasteiger partial charge on any atom is -0.393 e. The highest BCUT2D eigenvalue weighted by Gasteiger charge is 2.34. The van der Waals surface area contributed by atoms with Crippen LogP contribution < -0.4 is 0 Å². The molecular formula is C10H11NO3. The van der Waals surface area contributed by atoms with E-state index in [0.717, 1.165) is 5.69 Å². The first-order valence-electron chi connectivity index (χ1n) is 4.51. The van der Waals surface area contributed by atoms with Crippen LogP contribution >= 0.6 is 0 Å². The van der Waals surface area contributed by atoms with Gasteiger partial charge in [0.25, 0.3) is 0 Å². The molecule has 0 aromatic carbocycles. The third kappa shape index (κ3) is 1.66. The van der Waals surface area contributed by atoms with E-state index in [2.05, 4.69) is 4.98 Å². The SMILES string of the molecule is O=C1C[C@H](c2ccccn2)O[C@@H]1CO. The molecule has 14 heavy (non-hydrogen) atoms. The Morgan fingerprint density at radius 3 is 3.00 bits per heavy atom. The fraction of sp³-hybridized carbons (Fsp3) is 0.400. The van der Waals surface area contributed by atoms with Gasteiger partial charge < -0.3 is 9.84 Å². The van der Waals surface area contributed by atoms with Crippen molar-refractivity contribution in [1.82, 2.24) is 4.98 Å². The number of hydrogen-bond donors (Lipinski definition) is 1. The maximum Gasteiger partial charge on any atom is 0.166 e. The van der Waals surface area contributed by atoms with E-state index in [9.17, 15) is 4.79 Å². The number of hydrogen-bond acceptors (Lipinski definition) is 4. The van der Waals surface area contributed by atoms with Gasteiger partial charge in [-0.25, -0.2) is 0 Å². The van der Waals surface area contributed by atoms with Gasteiger partial charge in [0.2, 0.25) is 0 Å². The Hall–Kier alpha value is -1.26. The average Bonchev–Trinajstić information content (AvgIpc) is 2.61. The molecule has 0 spiro atoms. The maximum absolute atomic E-state index is 11.3. The van der Waals surface area contributed by atoms with Gasteiger partial charge in [0.05, 0.1) is 12.3 Å². The standard InChI is InChI=1S/C10H11NO3/c12-6-10-8(13)5-9(14-10)7-3-1-2-4-11-7/h1-4,9-10,12H,5-6H2/t9-,10-/m1/s1. The topological polar surface area (TPSA) is 59.4 Å². The van der Waals surface area contributed by atoms with Crippen LogP contribution in [0.3, 0.4) is 0 Å². The highest BCUT2D eigenvalue weighted by molar-refractivity contribution is 5.85. The molecule has 1 aliphatic heterocycles. The van der Waals surface area contributed by atoms with Gasteiger partial charge in [0.15, 0.2) is 5.78 Å². The van der Waals surface area contributed by atoms with Gasteiger partial charge in [-0.05, 0) is 12.1 Å². The van der Waals surface area contributed by atoms with Crippen molar-refractivity contribution >= 4 is 5.78 Å². The molecule has 1 aromatic heterocycles. The molecule has 0 bridgehead atoms. The minimum absolute atomic E-state index is 0.0526. The zero-order valence-corrected chi connectivity index (χ0v) is 7.59. The Morgan fingerprint density at radius 2 is 2.43 bits per heavy atom. The molecule has 1 saturated heterocycles. The molecular weight excluding hydrogens is 182 g/mol. The number of aliphatic hydroxyl groups excluding tert-OH is 1. The molecule has 74 valence electrons. The smallest absolute Gasteiger partial charge is 0.166 e. The summed E-state index contributed by atoms with van der Waals surface area (Å²) in [4.78, 5) is 15.4. The second-order valence-corrected chi connectivity index (χ2v) is 3.22. The van der Waals surface area contributed by atoms with Gasteiger partial charge in [-0.3, -0.25) is 9.78 Å². The van der Waals surface area contributed by atoms with Gasteiger partial charge in [-0.1, -0.05) is 6.07 Å². The van der Waals surface area contributed by atoms with Crippen LogP contribution in [0.15, 0.2) is 24.4 Å². The van der Waals surface area contributed by atoms with Crippen LogP contribution in [0.1, 0.15) is 18.2 Å². The molecule has 0 aliphatic carbocycles. The van der Waals surface area contributed by atoms with Crippen LogP contribution in [0.5, 0.6) is 0 Å². The number of nitrogens with zero attached hydrogens (tertiary/aromatic N) is 1. The van der Waals surface area contributed by atoms with Crippen molar-refractivity contribution in [3.63, 3.8) is 0 Å². The summed E-state index contributed by atoms with van der Waals surface area (Å²) in [5, 5.41) is 8.83. The Kier molecular flexibility index (Phi) is 2.56. The van der Waals surface area contributed by atoms with E-state index in [1.54, 1.807) is 6.20 Å². The van der Waals surface area contributed by atoms with Crippen molar-refractivity contribution in [3.8, 4) is 0 Å². The molecule has 1 aromatic rings. The lowest BCUT2D eigenvalue weighted by atomic mass is 10.1. The van der Waals surface area contributed by atoms with Crippen LogP contribution in [-0.4, -0.2) is 28.6 Å². The van der Waals surface area contributed by atoms with Crippen LogP contribution in [0.4, 0.5) is 0 Å². The summed E-state index contributed by atoms with van der Waals surface area (Å²) >= 11 is 0. The molecule has 4 nitrogen and oxygen atoms in total. The van der Waals surface area contributed by atoms with E-state index in [1.807, 2.05) is 18.2 Å². The van der Waals surface area contributed by atoms with Gasteiger partial charge in [0.1, 0.15) is 12.2 Å². The number of carbonyl (C=O) groups is 1. The summed E-state index contributed by atoms with van der Waals surface area (Å²) in [6.45, 7) is -0.248. The van der Waals surface area contributed by atoms with Gasteiger partial charge >= 0.3 is 0 Å². The van der Waals surface area contributed by atoms with Crippen LogP contribution in [0.2, 0.25) is 0 Å². The highest BCUT2D eigenvalue weighted by Crippen LogP contribution is 2.28. The number of aliphatic hydroxyl groups is 1. The normalized spacial score (nSPS) is 26.8. The van der Waals surface area contributed by atoms with E-state index in [4.69, 9.17) is 9.84 Å². The monoisotopic (exact) mass is 193 g/mol.